The van der Waals surface area contributed by atoms with Gasteiger partial charge >= 0.3 is 18.0 Å². The largest absolute Gasteiger partial charge is 0.480 e. The normalized spacial score (nSPS) is 14.1. The van der Waals surface area contributed by atoms with Gasteiger partial charge in [0, 0.05) is 12.8 Å². The average Bonchev–Trinajstić information content (AvgIpc) is 3.19. The van der Waals surface area contributed by atoms with Crippen molar-refractivity contribution in [3.05, 3.63) is 35.9 Å². The number of amides is 6. The van der Waals surface area contributed by atoms with Gasteiger partial charge in [-0.3, -0.25) is 28.8 Å². The van der Waals surface area contributed by atoms with Crippen LogP contribution in [0, 0.1) is 5.92 Å². The topological polar surface area (TPSA) is 266 Å². The summed E-state index contributed by atoms with van der Waals surface area (Å²) in [6.07, 6.45) is 3.47. The molecule has 1 aromatic rings. The third-order valence-electron chi connectivity index (χ3n) is 9.21. The molecule has 0 saturated carbocycles. The van der Waals surface area contributed by atoms with Gasteiger partial charge in [-0.25, -0.2) is 9.59 Å². The summed E-state index contributed by atoms with van der Waals surface area (Å²) in [6, 6.07) is 1.57. The van der Waals surface area contributed by atoms with Gasteiger partial charge in [-0.1, -0.05) is 76.8 Å². The van der Waals surface area contributed by atoms with Crippen molar-refractivity contribution in [2.75, 3.05) is 26.4 Å². The Morgan fingerprint density at radius 2 is 1.08 bits per heavy atom. The number of hydrogen-bond acceptors (Lipinski definition) is 12. The molecule has 0 aliphatic rings. The predicted molar refractivity (Wildman–Crippen MR) is 247 cm³/mol. The minimum atomic E-state index is -1.62. The van der Waals surface area contributed by atoms with E-state index in [1.807, 2.05) is 13.8 Å². The highest BCUT2D eigenvalue weighted by molar-refractivity contribution is 5.96. The van der Waals surface area contributed by atoms with E-state index in [0.29, 0.717) is 12.0 Å². The highest BCUT2D eigenvalue weighted by Gasteiger charge is 2.34. The fraction of sp³-hybridized carbons (Fsp3) is 0.702. The Morgan fingerprint density at radius 3 is 1.61 bits per heavy atom. The molecule has 0 heterocycles. The number of esters is 1. The smallest absolute Gasteiger partial charge is 0.408 e. The molecule has 0 unspecified atom stereocenters. The number of aliphatic carboxylic acids is 1. The van der Waals surface area contributed by atoms with E-state index in [1.165, 1.54) is 0 Å². The zero-order chi connectivity index (χ0) is 50.3. The van der Waals surface area contributed by atoms with Crippen molar-refractivity contribution in [1.29, 1.82) is 0 Å². The second-order valence-electron chi connectivity index (χ2n) is 19.6. The van der Waals surface area contributed by atoms with E-state index in [2.05, 4.69) is 38.8 Å². The van der Waals surface area contributed by atoms with Gasteiger partial charge in [-0.2, -0.15) is 0 Å². The lowest BCUT2D eigenvalue weighted by Gasteiger charge is -2.28. The van der Waals surface area contributed by atoms with Crippen LogP contribution in [0.25, 0.3) is 0 Å². The molecule has 0 spiro atoms. The van der Waals surface area contributed by atoms with Crippen LogP contribution in [0.3, 0.4) is 0 Å². The van der Waals surface area contributed by atoms with Crippen molar-refractivity contribution in [2.24, 2.45) is 5.92 Å². The lowest BCUT2D eigenvalue weighted by molar-refractivity contribution is -0.147. The third kappa shape index (κ3) is 27.2. The summed E-state index contributed by atoms with van der Waals surface area (Å²) in [6.45, 7) is 19.1. The number of rotatable bonds is 28. The lowest BCUT2D eigenvalue weighted by atomic mass is 10.0. The minimum Gasteiger partial charge on any atom is -0.480 e. The zero-order valence-corrected chi connectivity index (χ0v) is 41.2. The highest BCUT2D eigenvalue weighted by Crippen LogP contribution is 2.13. The second kappa shape index (κ2) is 28.7. The van der Waals surface area contributed by atoms with Gasteiger partial charge in [-0.15, -0.1) is 0 Å². The molecule has 5 atom stereocenters. The maximum absolute atomic E-state index is 14.3. The molecule has 19 heteroatoms. The van der Waals surface area contributed by atoms with E-state index in [9.17, 15) is 43.5 Å². The van der Waals surface area contributed by atoms with Crippen LogP contribution in [0.15, 0.2) is 30.3 Å². The molecule has 66 heavy (non-hydrogen) atoms. The molecule has 1 aromatic carbocycles. The Kier molecular flexibility index (Phi) is 25.5. The minimum absolute atomic E-state index is 0.0537. The fourth-order valence-electron chi connectivity index (χ4n) is 5.89. The third-order valence-corrected chi connectivity index (χ3v) is 9.21. The van der Waals surface area contributed by atoms with Crippen molar-refractivity contribution in [3.8, 4) is 0 Å². The Labute approximate surface area is 390 Å². The van der Waals surface area contributed by atoms with Gasteiger partial charge < -0.3 is 56.0 Å². The van der Waals surface area contributed by atoms with Crippen LogP contribution >= 0.6 is 0 Å². The molecule has 0 saturated heterocycles. The Morgan fingerprint density at radius 1 is 0.591 bits per heavy atom. The van der Waals surface area contributed by atoms with Crippen molar-refractivity contribution in [1.82, 2.24) is 31.9 Å². The Balaban J connectivity index is 3.55. The van der Waals surface area contributed by atoms with Crippen molar-refractivity contribution < 1.29 is 62.4 Å². The molecule has 374 valence electrons. The van der Waals surface area contributed by atoms with E-state index < -0.39 is 108 Å². The monoisotopic (exact) mass is 935 g/mol. The van der Waals surface area contributed by atoms with E-state index >= 15 is 0 Å². The first kappa shape index (κ1) is 58.7. The average molecular weight is 935 g/mol. The number of benzene rings is 1. The molecule has 0 aliphatic heterocycles. The van der Waals surface area contributed by atoms with Crippen LogP contribution in [0.1, 0.15) is 134 Å². The Hall–Kier alpha value is -5.30. The number of carboxylic acids is 1. The number of ether oxygens (including phenoxy) is 4. The first-order chi connectivity index (χ1) is 30.6. The molecule has 0 fully saturated rings. The summed E-state index contributed by atoms with van der Waals surface area (Å²) >= 11 is 0. The van der Waals surface area contributed by atoms with E-state index in [-0.39, 0.29) is 38.4 Å². The SMILES string of the molecule is CCCCCCCC(=O)OC[C@H](NC(=O)[C@H](COC(C)(C)C)NC(=O)CNC(=O)OC(C)(C)C)C(=O)N[C@@H](Cc1ccccc1)C(=O)N[C@@H](CC(C)C)C(=O)N[C@@H](COC(C)(C)C)C(=O)O. The van der Waals surface area contributed by atoms with Gasteiger partial charge in [0.15, 0.2) is 6.04 Å². The van der Waals surface area contributed by atoms with Crippen LogP contribution in [0.5, 0.6) is 0 Å². The van der Waals surface area contributed by atoms with Crippen LogP contribution in [0.2, 0.25) is 0 Å². The van der Waals surface area contributed by atoms with Crippen LogP contribution in [0.4, 0.5) is 4.79 Å². The quantitative estimate of drug-likeness (QED) is 0.0466. The molecule has 1 rings (SSSR count). The van der Waals surface area contributed by atoms with Crippen LogP contribution in [-0.4, -0.2) is 126 Å². The van der Waals surface area contributed by atoms with Gasteiger partial charge in [0.05, 0.1) is 24.4 Å². The molecular weight excluding hydrogens is 857 g/mol. The summed E-state index contributed by atoms with van der Waals surface area (Å²) < 4.78 is 22.1. The highest BCUT2D eigenvalue weighted by atomic mass is 16.6. The molecule has 0 bridgehead atoms. The number of hydrogen-bond donors (Lipinski definition) is 7. The second-order valence-corrected chi connectivity index (χ2v) is 19.6. The summed E-state index contributed by atoms with van der Waals surface area (Å²) in [5.74, 6) is -6.36. The van der Waals surface area contributed by atoms with E-state index in [1.54, 1.807) is 92.6 Å². The number of carboxylic acid groups (broad SMARTS) is 1. The van der Waals surface area contributed by atoms with Crippen molar-refractivity contribution >= 4 is 47.6 Å². The zero-order valence-electron chi connectivity index (χ0n) is 41.2. The standard InChI is InChI=1S/C47H78N6O13/c1-13-14-15-16-20-23-38(55)63-27-34(52-42(59)35(28-64-45(4,5)6)49-37(54)26-48-44(62)66-47(10,11)12)41(58)51-33(25-31-21-18-17-19-22-31)40(57)50-32(24-30(2)3)39(56)53-36(43(60)61)29-65-46(7,8)9/h17-19,21-22,30,32-36H,13-16,20,23-29H2,1-12H3,(H,48,62)(H,49,54)(H,50,57)(H,51,58)(H,52,59)(H,53,56)(H,60,61)/t32-,33-,34-,35-,36-/m0/s1. The Bertz CT molecular complexity index is 1720. The summed E-state index contributed by atoms with van der Waals surface area (Å²) in [5.41, 5.74) is -1.70. The summed E-state index contributed by atoms with van der Waals surface area (Å²) in [4.78, 5) is 107. The van der Waals surface area contributed by atoms with Crippen LogP contribution < -0.4 is 31.9 Å². The van der Waals surface area contributed by atoms with E-state index in [0.717, 1.165) is 25.7 Å². The maximum atomic E-state index is 14.3. The van der Waals surface area contributed by atoms with Crippen molar-refractivity contribution in [3.63, 3.8) is 0 Å². The van der Waals surface area contributed by atoms with Gasteiger partial charge in [0.1, 0.15) is 42.9 Å². The fourth-order valence-corrected chi connectivity index (χ4v) is 5.89. The maximum Gasteiger partial charge on any atom is 0.408 e. The van der Waals surface area contributed by atoms with Crippen LogP contribution in [-0.2, 0) is 58.9 Å². The molecule has 0 radical (unpaired) electrons. The molecule has 7 N–H and O–H groups in total. The summed E-state index contributed by atoms with van der Waals surface area (Å²) in [7, 11) is 0. The predicted octanol–water partition coefficient (Wildman–Crippen LogP) is 3.84. The van der Waals surface area contributed by atoms with Gasteiger partial charge in [-0.05, 0) is 86.6 Å². The number of carbonyl (C=O) groups excluding carboxylic acids is 7. The molecular formula is C47H78N6O13. The van der Waals surface area contributed by atoms with Gasteiger partial charge in [0.2, 0.25) is 29.5 Å². The van der Waals surface area contributed by atoms with Gasteiger partial charge in [0.25, 0.3) is 0 Å². The molecule has 0 aliphatic carbocycles. The number of unbranched alkanes of at least 4 members (excludes halogenated alkanes) is 4. The first-order valence-corrected chi connectivity index (χ1v) is 22.8. The first-order valence-electron chi connectivity index (χ1n) is 22.8. The molecule has 0 aromatic heterocycles. The number of nitrogens with one attached hydrogen (secondary N) is 6. The number of carbonyl (C=O) groups is 8. The molecule has 6 amide bonds. The summed E-state index contributed by atoms with van der Waals surface area (Å²) in [5, 5.41) is 25.0. The molecule has 19 nitrogen and oxygen atoms in total. The van der Waals surface area contributed by atoms with Crippen molar-refractivity contribution in [2.45, 2.75) is 181 Å². The van der Waals surface area contributed by atoms with E-state index in [4.69, 9.17) is 18.9 Å². The lowest BCUT2D eigenvalue weighted by Crippen LogP contribution is -2.61. The number of alkyl carbamates (subject to hydrolysis) is 1.